The molecule has 0 aliphatic carbocycles. The van der Waals surface area contributed by atoms with Gasteiger partial charge in [-0.25, -0.2) is 0 Å². The Hall–Kier alpha value is -2.48. The highest BCUT2D eigenvalue weighted by Gasteiger charge is 2.38. The summed E-state index contributed by atoms with van der Waals surface area (Å²) < 4.78 is 0. The minimum atomic E-state index is -0.442. The number of carbonyl (C=O) groups is 1. The van der Waals surface area contributed by atoms with Crippen molar-refractivity contribution in [3.63, 3.8) is 0 Å². The van der Waals surface area contributed by atoms with Crippen molar-refractivity contribution >= 4 is 45.7 Å². The van der Waals surface area contributed by atoms with Crippen molar-refractivity contribution in [1.29, 1.82) is 5.26 Å². The maximum Gasteiger partial charge on any atom is 0.241 e. The number of nitriles is 1. The molecule has 1 aliphatic heterocycles. The Kier molecular flexibility index (Phi) is 6.01. The summed E-state index contributed by atoms with van der Waals surface area (Å²) in [5.41, 5.74) is 2.95. The van der Waals surface area contributed by atoms with Crippen molar-refractivity contribution in [3.8, 4) is 6.07 Å². The minimum absolute atomic E-state index is 0.00668. The van der Waals surface area contributed by atoms with Gasteiger partial charge in [0.1, 0.15) is 0 Å². The molecule has 0 fully saturated rings. The van der Waals surface area contributed by atoms with Crippen LogP contribution in [0.25, 0.3) is 10.8 Å². The Morgan fingerprint density at radius 2 is 1.81 bits per heavy atom. The molecule has 0 bridgehead atoms. The van der Waals surface area contributed by atoms with Gasteiger partial charge in [-0.3, -0.25) is 4.79 Å². The minimum Gasteiger partial charge on any atom is -0.311 e. The molecular formula is C26H25ClN2OS. The lowest BCUT2D eigenvalue weighted by Gasteiger charge is -2.31. The predicted molar refractivity (Wildman–Crippen MR) is 131 cm³/mol. The average Bonchev–Trinajstić information content (AvgIpc) is 2.83. The summed E-state index contributed by atoms with van der Waals surface area (Å²) in [5, 5.41) is 11.9. The molecule has 1 aliphatic rings. The molecule has 0 spiro atoms. The number of nitrogens with zero attached hydrogens (tertiary/aromatic N) is 2. The lowest BCUT2D eigenvalue weighted by atomic mass is 9.93. The van der Waals surface area contributed by atoms with Crippen LogP contribution in [0.5, 0.6) is 0 Å². The topological polar surface area (TPSA) is 44.1 Å². The van der Waals surface area contributed by atoms with E-state index in [1.807, 2.05) is 35.2 Å². The fraction of sp³-hybridized carbons (Fsp3) is 0.308. The lowest BCUT2D eigenvalue weighted by Crippen LogP contribution is -2.42. The molecule has 0 N–H and O–H groups in total. The average molecular weight is 449 g/mol. The van der Waals surface area contributed by atoms with E-state index in [4.69, 9.17) is 11.6 Å². The van der Waals surface area contributed by atoms with E-state index in [0.29, 0.717) is 11.6 Å². The van der Waals surface area contributed by atoms with Crippen molar-refractivity contribution in [2.75, 3.05) is 11.4 Å². The zero-order chi connectivity index (χ0) is 22.2. The summed E-state index contributed by atoms with van der Waals surface area (Å²) in [6.07, 6.45) is 0.174. The number of amides is 1. The molecule has 0 aromatic heterocycles. The Labute approximate surface area is 193 Å². The number of carbonyl (C=O) groups excluding carboxylic acids is 1. The van der Waals surface area contributed by atoms with Crippen molar-refractivity contribution in [2.24, 2.45) is 5.41 Å². The third-order valence-corrected chi connectivity index (χ3v) is 7.13. The lowest BCUT2D eigenvalue weighted by molar-refractivity contribution is -0.118. The summed E-state index contributed by atoms with van der Waals surface area (Å²) in [4.78, 5) is 15.5. The molecule has 2 atom stereocenters. The van der Waals surface area contributed by atoms with E-state index < -0.39 is 5.25 Å². The van der Waals surface area contributed by atoms with Crippen molar-refractivity contribution in [1.82, 2.24) is 0 Å². The molecular weight excluding hydrogens is 424 g/mol. The van der Waals surface area contributed by atoms with Crippen LogP contribution in [0, 0.1) is 16.7 Å². The van der Waals surface area contributed by atoms with E-state index in [9.17, 15) is 10.1 Å². The molecule has 5 heteroatoms. The first-order valence-electron chi connectivity index (χ1n) is 10.4. The molecule has 3 aromatic carbocycles. The molecule has 158 valence electrons. The highest BCUT2D eigenvalue weighted by Crippen LogP contribution is 2.49. The van der Waals surface area contributed by atoms with Gasteiger partial charge in [0.2, 0.25) is 5.91 Å². The molecule has 31 heavy (non-hydrogen) atoms. The Morgan fingerprint density at radius 3 is 2.55 bits per heavy atom. The number of thioether (sulfide) groups is 1. The zero-order valence-corrected chi connectivity index (χ0v) is 19.5. The predicted octanol–water partition coefficient (Wildman–Crippen LogP) is 6.99. The molecule has 4 rings (SSSR count). The van der Waals surface area contributed by atoms with Crippen LogP contribution in [-0.2, 0) is 4.79 Å². The molecule has 1 amide bonds. The third-order valence-electron chi connectivity index (χ3n) is 5.42. The normalized spacial score (nSPS) is 19.1. The quantitative estimate of drug-likeness (QED) is 0.433. The second-order valence-electron chi connectivity index (χ2n) is 9.12. The van der Waals surface area contributed by atoms with Gasteiger partial charge in [-0.05, 0) is 45.5 Å². The number of anilines is 1. The van der Waals surface area contributed by atoms with Crippen LogP contribution in [0.2, 0.25) is 5.02 Å². The van der Waals surface area contributed by atoms with E-state index in [-0.39, 0.29) is 23.0 Å². The van der Waals surface area contributed by atoms with E-state index in [2.05, 4.69) is 57.2 Å². The third kappa shape index (κ3) is 4.44. The summed E-state index contributed by atoms with van der Waals surface area (Å²) >= 11 is 8.01. The van der Waals surface area contributed by atoms with Crippen LogP contribution < -0.4 is 4.90 Å². The molecule has 3 aromatic rings. The van der Waals surface area contributed by atoms with Gasteiger partial charge >= 0.3 is 0 Å². The molecule has 0 saturated heterocycles. The summed E-state index contributed by atoms with van der Waals surface area (Å²) in [6, 6.07) is 22.6. The van der Waals surface area contributed by atoms with E-state index >= 15 is 0 Å². The number of hydrogen-bond donors (Lipinski definition) is 0. The van der Waals surface area contributed by atoms with Gasteiger partial charge in [-0.2, -0.15) is 5.26 Å². The largest absolute Gasteiger partial charge is 0.311 e. The second-order valence-corrected chi connectivity index (χ2v) is 10.9. The van der Waals surface area contributed by atoms with Gasteiger partial charge in [-0.1, -0.05) is 74.8 Å². The molecule has 1 heterocycles. The maximum absolute atomic E-state index is 13.6. The molecule has 0 saturated carbocycles. The first kappa shape index (κ1) is 21.7. The monoisotopic (exact) mass is 448 g/mol. The van der Waals surface area contributed by atoms with Crippen LogP contribution >= 0.6 is 23.4 Å². The van der Waals surface area contributed by atoms with Crippen molar-refractivity contribution in [2.45, 2.75) is 37.7 Å². The summed E-state index contributed by atoms with van der Waals surface area (Å²) in [7, 11) is 0. The van der Waals surface area contributed by atoms with Crippen LogP contribution in [0.15, 0.2) is 60.7 Å². The first-order valence-corrected chi connectivity index (χ1v) is 11.7. The van der Waals surface area contributed by atoms with E-state index in [1.165, 1.54) is 0 Å². The van der Waals surface area contributed by atoms with Gasteiger partial charge in [0.25, 0.3) is 0 Å². The van der Waals surface area contributed by atoms with Gasteiger partial charge < -0.3 is 4.90 Å². The standard InChI is InChI=1S/C26H25ClN2OS/c1-26(2,3)16-29-22-12-11-18(27)15-21(22)24(31-23(13-14-28)25(29)30)20-10-6-8-17-7-4-5-9-19(17)20/h4-12,15,23-24H,13,16H2,1-3H3/t23-,24-/m0/s1. The molecule has 0 unspecified atom stereocenters. The van der Waals surface area contributed by atoms with Crippen LogP contribution in [0.4, 0.5) is 5.69 Å². The Bertz CT molecular complexity index is 1170. The van der Waals surface area contributed by atoms with Crippen LogP contribution in [-0.4, -0.2) is 17.7 Å². The number of fused-ring (bicyclic) bond motifs is 2. The Balaban J connectivity index is 1.96. The smallest absolute Gasteiger partial charge is 0.241 e. The zero-order valence-electron chi connectivity index (χ0n) is 17.9. The highest BCUT2D eigenvalue weighted by molar-refractivity contribution is 8.01. The number of benzene rings is 3. The SMILES string of the molecule is CC(C)(C)CN1C(=O)[C@H](CC#N)S[C@@H](c2cccc3ccccc23)c2cc(Cl)ccc21. The highest BCUT2D eigenvalue weighted by atomic mass is 35.5. The van der Waals surface area contributed by atoms with Crippen LogP contribution in [0.1, 0.15) is 43.6 Å². The van der Waals surface area contributed by atoms with E-state index in [0.717, 1.165) is 27.6 Å². The van der Waals surface area contributed by atoms with Crippen molar-refractivity contribution < 1.29 is 4.79 Å². The van der Waals surface area contributed by atoms with Gasteiger partial charge in [0, 0.05) is 17.3 Å². The first-order chi connectivity index (χ1) is 14.8. The second kappa shape index (κ2) is 8.57. The number of hydrogen-bond acceptors (Lipinski definition) is 3. The van der Waals surface area contributed by atoms with Gasteiger partial charge in [0.15, 0.2) is 0 Å². The fourth-order valence-electron chi connectivity index (χ4n) is 4.15. The molecule has 3 nitrogen and oxygen atoms in total. The Morgan fingerprint density at radius 1 is 1.06 bits per heavy atom. The van der Waals surface area contributed by atoms with E-state index in [1.54, 1.807) is 11.8 Å². The number of halogens is 1. The summed E-state index contributed by atoms with van der Waals surface area (Å²) in [5.74, 6) is -0.00668. The van der Waals surface area contributed by atoms with Crippen molar-refractivity contribution in [3.05, 3.63) is 76.8 Å². The fourth-order valence-corrected chi connectivity index (χ4v) is 5.76. The van der Waals surface area contributed by atoms with Crippen LogP contribution in [0.3, 0.4) is 0 Å². The van der Waals surface area contributed by atoms with Gasteiger partial charge in [-0.15, -0.1) is 11.8 Å². The summed E-state index contributed by atoms with van der Waals surface area (Å²) in [6.45, 7) is 6.94. The number of rotatable bonds is 3. The molecule has 0 radical (unpaired) electrons. The maximum atomic E-state index is 13.6. The van der Waals surface area contributed by atoms with Gasteiger partial charge in [0.05, 0.1) is 23.0 Å².